The summed E-state index contributed by atoms with van der Waals surface area (Å²) in [6, 6.07) is 1.42. The summed E-state index contributed by atoms with van der Waals surface area (Å²) in [5.41, 5.74) is 1.01. The highest BCUT2D eigenvalue weighted by atomic mass is 16.4. The Morgan fingerprint density at radius 2 is 2.55 bits per heavy atom. The lowest BCUT2D eigenvalue weighted by atomic mass is 10.4. The molecule has 2 aromatic rings. The molecule has 2 aromatic heterocycles. The number of H-pyrrole nitrogens is 1. The number of carboxylic acids is 1. The Morgan fingerprint density at radius 1 is 1.73 bits per heavy atom. The average molecular weight is 152 g/mol. The summed E-state index contributed by atoms with van der Waals surface area (Å²) in [4.78, 5) is 16.7. The molecule has 0 aliphatic rings. The molecule has 2 N–H and O–H groups in total. The average Bonchev–Trinajstić information content (AvgIpc) is 2.40. The van der Waals surface area contributed by atoms with Gasteiger partial charge in [-0.2, -0.15) is 0 Å². The van der Waals surface area contributed by atoms with Crippen molar-refractivity contribution in [3.05, 3.63) is 18.2 Å². The molecule has 5 nitrogen and oxygen atoms in total. The first-order valence-electron chi connectivity index (χ1n) is 2.93. The first kappa shape index (κ1) is 5.96. The van der Waals surface area contributed by atoms with Gasteiger partial charge in [0.05, 0.1) is 0 Å². The first-order valence-corrected chi connectivity index (χ1v) is 2.93. The van der Waals surface area contributed by atoms with Gasteiger partial charge in [-0.05, 0) is 0 Å². The molecule has 0 radical (unpaired) electrons. The van der Waals surface area contributed by atoms with E-state index in [0.29, 0.717) is 11.2 Å². The summed E-state index contributed by atoms with van der Waals surface area (Å²) < 4.78 is 4.82. The normalized spacial score (nSPS) is 10.5. The molecule has 11 heavy (non-hydrogen) atoms. The SMILES string of the molecule is O=C(O)c1cc2ncoc2[nH]1. The summed E-state index contributed by atoms with van der Waals surface area (Å²) in [6.45, 7) is 0. The van der Waals surface area contributed by atoms with Gasteiger partial charge in [0.15, 0.2) is 6.39 Å². The third-order valence-corrected chi connectivity index (χ3v) is 1.35. The lowest BCUT2D eigenvalue weighted by molar-refractivity contribution is 0.0691. The number of oxazole rings is 1. The van der Waals surface area contributed by atoms with E-state index in [-0.39, 0.29) is 5.69 Å². The molecular formula is C6H4N2O3. The molecule has 0 aliphatic heterocycles. The van der Waals surface area contributed by atoms with Gasteiger partial charge >= 0.3 is 5.97 Å². The Kier molecular flexibility index (Phi) is 1.00. The van der Waals surface area contributed by atoms with E-state index >= 15 is 0 Å². The molecule has 2 rings (SSSR count). The number of nitrogens with zero attached hydrogens (tertiary/aromatic N) is 1. The Labute approximate surface area is 60.7 Å². The monoisotopic (exact) mass is 152 g/mol. The van der Waals surface area contributed by atoms with Crippen molar-refractivity contribution < 1.29 is 14.3 Å². The van der Waals surface area contributed by atoms with Crippen LogP contribution in [0.3, 0.4) is 0 Å². The minimum Gasteiger partial charge on any atom is -0.477 e. The molecule has 56 valence electrons. The molecule has 0 atom stereocenters. The summed E-state index contributed by atoms with van der Waals surface area (Å²) >= 11 is 0. The standard InChI is InChI=1S/C6H4N2O3/c9-6(10)4-1-3-5(8-4)11-2-7-3/h1-2,8H,(H,9,10). The summed E-state index contributed by atoms with van der Waals surface area (Å²) in [7, 11) is 0. The number of aromatic nitrogens is 2. The predicted octanol–water partition coefficient (Wildman–Crippen LogP) is 0.854. The van der Waals surface area contributed by atoms with Gasteiger partial charge in [-0.3, -0.25) is 0 Å². The zero-order valence-electron chi connectivity index (χ0n) is 5.37. The number of aromatic carboxylic acids is 1. The largest absolute Gasteiger partial charge is 0.477 e. The maximum atomic E-state index is 10.4. The number of nitrogens with one attached hydrogen (secondary N) is 1. The van der Waals surface area contributed by atoms with Crippen molar-refractivity contribution in [2.24, 2.45) is 0 Å². The molecule has 0 spiro atoms. The Balaban J connectivity index is 2.67. The number of hydrogen-bond donors (Lipinski definition) is 2. The summed E-state index contributed by atoms with van der Waals surface area (Å²) in [5, 5.41) is 8.50. The van der Waals surface area contributed by atoms with Gasteiger partial charge in [-0.1, -0.05) is 0 Å². The van der Waals surface area contributed by atoms with Crippen LogP contribution < -0.4 is 0 Å². The number of hydrogen-bond acceptors (Lipinski definition) is 3. The van der Waals surface area contributed by atoms with E-state index in [9.17, 15) is 4.79 Å². The molecular weight excluding hydrogens is 148 g/mol. The van der Waals surface area contributed by atoms with Crippen molar-refractivity contribution in [1.82, 2.24) is 9.97 Å². The summed E-state index contributed by atoms with van der Waals surface area (Å²) in [6.07, 6.45) is 1.26. The van der Waals surface area contributed by atoms with Gasteiger partial charge < -0.3 is 14.5 Å². The van der Waals surface area contributed by atoms with Crippen LogP contribution in [0.15, 0.2) is 16.9 Å². The lowest BCUT2D eigenvalue weighted by Crippen LogP contribution is -1.94. The molecule has 0 saturated heterocycles. The first-order chi connectivity index (χ1) is 5.27. The van der Waals surface area contributed by atoms with Crippen LogP contribution in [-0.2, 0) is 0 Å². The third-order valence-electron chi connectivity index (χ3n) is 1.35. The van der Waals surface area contributed by atoms with Gasteiger partial charge in [0.25, 0.3) is 0 Å². The minimum absolute atomic E-state index is 0.0897. The van der Waals surface area contributed by atoms with E-state index in [1.54, 1.807) is 0 Å². The van der Waals surface area contributed by atoms with Crippen molar-refractivity contribution in [3.63, 3.8) is 0 Å². The van der Waals surface area contributed by atoms with Crippen LogP contribution in [-0.4, -0.2) is 21.0 Å². The highest BCUT2D eigenvalue weighted by Crippen LogP contribution is 2.12. The number of carbonyl (C=O) groups is 1. The second kappa shape index (κ2) is 1.85. The van der Waals surface area contributed by atoms with Crippen molar-refractivity contribution in [2.75, 3.05) is 0 Å². The topological polar surface area (TPSA) is 79.1 Å². The van der Waals surface area contributed by atoms with E-state index < -0.39 is 5.97 Å². The lowest BCUT2D eigenvalue weighted by Gasteiger charge is -1.81. The van der Waals surface area contributed by atoms with Crippen LogP contribution in [0.2, 0.25) is 0 Å². The van der Waals surface area contributed by atoms with E-state index in [0.717, 1.165) is 0 Å². The maximum Gasteiger partial charge on any atom is 0.352 e. The van der Waals surface area contributed by atoms with Gasteiger partial charge in [-0.15, -0.1) is 0 Å². The van der Waals surface area contributed by atoms with Gasteiger partial charge in [0.2, 0.25) is 5.71 Å². The van der Waals surface area contributed by atoms with Crippen molar-refractivity contribution in [1.29, 1.82) is 0 Å². The zero-order valence-corrected chi connectivity index (χ0v) is 5.37. The van der Waals surface area contributed by atoms with Gasteiger partial charge in [-0.25, -0.2) is 9.78 Å². The highest BCUT2D eigenvalue weighted by molar-refractivity contribution is 5.90. The number of aromatic amines is 1. The molecule has 0 aliphatic carbocycles. The number of fused-ring (bicyclic) bond motifs is 1. The van der Waals surface area contributed by atoms with Crippen LogP contribution >= 0.6 is 0 Å². The van der Waals surface area contributed by atoms with Crippen LogP contribution in [0.1, 0.15) is 10.5 Å². The Morgan fingerprint density at radius 3 is 3.18 bits per heavy atom. The molecule has 5 heteroatoms. The van der Waals surface area contributed by atoms with Crippen LogP contribution in [0.4, 0.5) is 0 Å². The van der Waals surface area contributed by atoms with Gasteiger partial charge in [0, 0.05) is 6.07 Å². The van der Waals surface area contributed by atoms with E-state index in [4.69, 9.17) is 9.52 Å². The quantitative estimate of drug-likeness (QED) is 0.634. The second-order valence-electron chi connectivity index (χ2n) is 2.05. The molecule has 0 bridgehead atoms. The fourth-order valence-corrected chi connectivity index (χ4v) is 0.861. The van der Waals surface area contributed by atoms with Gasteiger partial charge in [0.1, 0.15) is 11.2 Å². The fourth-order valence-electron chi connectivity index (χ4n) is 0.861. The fraction of sp³-hybridized carbons (Fsp3) is 0. The smallest absolute Gasteiger partial charge is 0.352 e. The van der Waals surface area contributed by atoms with Crippen molar-refractivity contribution in [2.45, 2.75) is 0 Å². The Hall–Kier alpha value is -1.78. The predicted molar refractivity (Wildman–Crippen MR) is 35.3 cm³/mol. The van der Waals surface area contributed by atoms with E-state index in [1.807, 2.05) is 0 Å². The Bertz CT molecular complexity index is 372. The molecule has 0 amide bonds. The molecule has 0 aromatic carbocycles. The second-order valence-corrected chi connectivity index (χ2v) is 2.05. The molecule has 0 saturated carbocycles. The molecule has 0 fully saturated rings. The maximum absolute atomic E-state index is 10.4. The molecule has 2 heterocycles. The van der Waals surface area contributed by atoms with Crippen molar-refractivity contribution in [3.8, 4) is 0 Å². The third kappa shape index (κ3) is 0.778. The van der Waals surface area contributed by atoms with Crippen LogP contribution in [0.5, 0.6) is 0 Å². The van der Waals surface area contributed by atoms with Crippen molar-refractivity contribution >= 4 is 17.2 Å². The van der Waals surface area contributed by atoms with E-state index in [1.165, 1.54) is 12.5 Å². The highest BCUT2D eigenvalue weighted by Gasteiger charge is 2.08. The summed E-state index contributed by atoms with van der Waals surface area (Å²) in [5.74, 6) is -1.02. The van der Waals surface area contributed by atoms with E-state index in [2.05, 4.69) is 9.97 Å². The minimum atomic E-state index is -1.02. The number of carboxylic acid groups (broad SMARTS) is 1. The zero-order chi connectivity index (χ0) is 7.84. The van der Waals surface area contributed by atoms with Crippen LogP contribution in [0.25, 0.3) is 11.2 Å². The van der Waals surface area contributed by atoms with Crippen LogP contribution in [0, 0.1) is 0 Å². The molecule has 0 unspecified atom stereocenters. The number of rotatable bonds is 1.